The number of pyridine rings is 3. The summed E-state index contributed by atoms with van der Waals surface area (Å²) in [7, 11) is 0.405. The van der Waals surface area contributed by atoms with Crippen molar-refractivity contribution >= 4 is 98.6 Å². The maximum absolute atomic E-state index is 12.8. The second-order valence-electron chi connectivity index (χ2n) is 33.3. The number of rotatable bonds is 30. The Balaban J connectivity index is 0.000000171. The summed E-state index contributed by atoms with van der Waals surface area (Å²) in [6.07, 6.45) is 13.0. The van der Waals surface area contributed by atoms with Gasteiger partial charge in [0.25, 0.3) is 0 Å². The van der Waals surface area contributed by atoms with Gasteiger partial charge in [0.05, 0.1) is 41.0 Å². The number of likely N-dealkylation sites (N-methyl/N-ethyl adjacent to an activating group) is 2. The molecule has 3 fully saturated rings. The molecule has 3 aliphatic rings. The Hall–Kier alpha value is -13.3. The van der Waals surface area contributed by atoms with E-state index in [4.69, 9.17) is 69.0 Å². The lowest BCUT2D eigenvalue weighted by Crippen LogP contribution is -2.36. The molecule has 2 amide bonds. The quantitative estimate of drug-likeness (QED) is 0.0194. The lowest BCUT2D eigenvalue weighted by molar-refractivity contribution is -0.131. The number of aliphatic carboxylic acids is 1. The fourth-order valence-electron chi connectivity index (χ4n) is 14.6. The predicted molar refractivity (Wildman–Crippen MR) is 503 cm³/mol. The van der Waals surface area contributed by atoms with Crippen LogP contribution in [-0.2, 0) is 64.0 Å². The highest BCUT2D eigenvalue weighted by Crippen LogP contribution is 2.42. The number of carbonyl (C=O) groups is 3. The van der Waals surface area contributed by atoms with Gasteiger partial charge >= 0.3 is 12.1 Å². The van der Waals surface area contributed by atoms with E-state index < -0.39 is 41.6 Å². The number of aryl methyl sites for hydroxylation is 3. The number of carboxylic acids is 1. The van der Waals surface area contributed by atoms with Gasteiger partial charge in [-0.05, 0) is 202 Å². The SMILES string of the molecule is CN(C)C/C=C/C(=O)O.COc1ccc(Cn2nc(N[C@@H]3CCN(C(=O)/C=C/CN(C)C)C3)c3c(Oc4ccc(C)cc4S(N)(=O)=O)ccnc32)cc1.COc1ccc(Cn2nc(N[C@@H]3CCN(C(=O)OC(C)(C)C)C3)c3c(Oc4ccc(C)cc4S(N)(=O)=O)ccnc32)cc1.COc1ccc(Cn2nc(N[C@@H]3CCNC3)c3c(Oc4ccc(C)cc4S(N)(=O)=O)ccnc32)cc1. The highest BCUT2D eigenvalue weighted by molar-refractivity contribution is 7.89. The number of hydrogen-bond acceptors (Lipinski definition) is 28. The highest BCUT2D eigenvalue weighted by Gasteiger charge is 2.34. The number of carboxylic acid groups (broad SMARTS) is 1. The molecular formula is C92H112N20O17S3. The van der Waals surface area contributed by atoms with Crippen LogP contribution in [-0.4, -0.2) is 238 Å². The van der Waals surface area contributed by atoms with Crippen molar-refractivity contribution in [3.8, 4) is 51.7 Å². The number of nitrogens with two attached hydrogens (primary N) is 3. The minimum Gasteiger partial charge on any atom is -0.497 e. The number of ether oxygens (including phenoxy) is 7. The second-order valence-corrected chi connectivity index (χ2v) is 37.9. The first-order valence-corrected chi connectivity index (χ1v) is 46.9. The molecular weight excluding hydrogens is 1750 g/mol. The molecule has 3 saturated heterocycles. The van der Waals surface area contributed by atoms with Gasteiger partial charge in [0.15, 0.2) is 34.4 Å². The van der Waals surface area contributed by atoms with E-state index in [0.29, 0.717) is 133 Å². The van der Waals surface area contributed by atoms with E-state index in [1.54, 1.807) is 147 Å². The summed E-state index contributed by atoms with van der Waals surface area (Å²) in [6, 6.07) is 42.6. The minimum atomic E-state index is -4.06. The number of aromatic nitrogens is 9. The molecule has 0 radical (unpaired) electrons. The Labute approximate surface area is 767 Å². The van der Waals surface area contributed by atoms with Crippen LogP contribution in [0.4, 0.5) is 22.2 Å². The van der Waals surface area contributed by atoms with Gasteiger partial charge in [-0.2, -0.15) is 15.3 Å². The van der Waals surface area contributed by atoms with E-state index in [-0.39, 0.29) is 62.1 Å². The average Bonchev–Trinajstić information content (AvgIpc) is 1.61. The number of hydrogen-bond donors (Lipinski definition) is 8. The monoisotopic (exact) mass is 1860 g/mol. The third-order valence-corrected chi connectivity index (χ3v) is 23.8. The number of methoxy groups -OCH3 is 3. The first-order chi connectivity index (χ1) is 62.8. The lowest BCUT2D eigenvalue weighted by Gasteiger charge is -2.24. The lowest BCUT2D eigenvalue weighted by atomic mass is 10.2. The maximum atomic E-state index is 12.8. The molecule has 0 spiro atoms. The van der Waals surface area contributed by atoms with Crippen LogP contribution in [0.25, 0.3) is 33.1 Å². The molecule has 132 heavy (non-hydrogen) atoms. The van der Waals surface area contributed by atoms with Crippen molar-refractivity contribution in [1.29, 1.82) is 0 Å². The number of amides is 2. The van der Waals surface area contributed by atoms with Crippen LogP contribution in [0.5, 0.6) is 51.7 Å². The molecule has 6 aromatic heterocycles. The van der Waals surface area contributed by atoms with Gasteiger partial charge in [0.2, 0.25) is 36.0 Å². The zero-order valence-corrected chi connectivity index (χ0v) is 78.2. The van der Waals surface area contributed by atoms with E-state index in [1.165, 1.54) is 18.2 Å². The molecule has 9 heterocycles. The summed E-state index contributed by atoms with van der Waals surface area (Å²) in [5.41, 5.74) is 6.28. The number of nitrogens with one attached hydrogen (secondary N) is 4. The summed E-state index contributed by atoms with van der Waals surface area (Å²) >= 11 is 0. The largest absolute Gasteiger partial charge is 0.497 e. The Morgan fingerprint density at radius 2 is 0.818 bits per heavy atom. The number of likely N-dealkylation sites (tertiary alicyclic amines) is 2. The van der Waals surface area contributed by atoms with Gasteiger partial charge in [-0.15, -0.1) is 0 Å². The van der Waals surface area contributed by atoms with Crippen LogP contribution >= 0.6 is 0 Å². The predicted octanol–water partition coefficient (Wildman–Crippen LogP) is 11.2. The van der Waals surface area contributed by atoms with Crippen molar-refractivity contribution in [2.24, 2.45) is 15.4 Å². The van der Waals surface area contributed by atoms with Crippen LogP contribution in [0, 0.1) is 20.8 Å². The number of anilines is 3. The Morgan fingerprint density at radius 3 is 1.14 bits per heavy atom. The molecule has 3 aliphatic heterocycles. The van der Waals surface area contributed by atoms with Gasteiger partial charge in [-0.1, -0.05) is 66.7 Å². The summed E-state index contributed by atoms with van der Waals surface area (Å²) in [4.78, 5) is 56.2. The maximum Gasteiger partial charge on any atom is 0.410 e. The number of benzene rings is 6. The number of carbonyl (C=O) groups excluding carboxylic acids is 2. The number of primary sulfonamides is 3. The summed E-state index contributed by atoms with van der Waals surface area (Å²) in [5.74, 6) is 4.45. The number of nitrogens with zero attached hydrogens (tertiary/aromatic N) is 13. The van der Waals surface area contributed by atoms with Crippen LogP contribution in [0.15, 0.2) is 203 Å². The van der Waals surface area contributed by atoms with E-state index in [9.17, 15) is 39.6 Å². The Bertz CT molecular complexity index is 6520. The fraction of sp³-hybridized carbons (Fsp3) is 0.337. The molecule has 3 atom stereocenters. The fourth-order valence-corrected chi connectivity index (χ4v) is 16.8. The normalized spacial score (nSPS) is 15.2. The van der Waals surface area contributed by atoms with Crippen molar-refractivity contribution in [3.63, 3.8) is 0 Å². The van der Waals surface area contributed by atoms with Gasteiger partial charge in [0.1, 0.15) is 88.2 Å². The molecule has 12 aromatic rings. The smallest absolute Gasteiger partial charge is 0.410 e. The van der Waals surface area contributed by atoms with Crippen molar-refractivity contribution in [2.75, 3.05) is 118 Å². The van der Waals surface area contributed by atoms with Crippen molar-refractivity contribution in [2.45, 2.75) is 119 Å². The summed E-state index contributed by atoms with van der Waals surface area (Å²) < 4.78 is 119. The Morgan fingerprint density at radius 1 is 0.477 bits per heavy atom. The van der Waals surface area contributed by atoms with Gasteiger partial charge in [0, 0.05) is 113 Å². The molecule has 0 saturated carbocycles. The van der Waals surface area contributed by atoms with Crippen LogP contribution in [0.1, 0.15) is 73.4 Å². The van der Waals surface area contributed by atoms with Gasteiger partial charge in [-0.25, -0.2) is 79.3 Å². The van der Waals surface area contributed by atoms with E-state index in [2.05, 4.69) is 36.2 Å². The zero-order chi connectivity index (χ0) is 94.9. The van der Waals surface area contributed by atoms with Crippen LogP contribution < -0.4 is 65.1 Å². The first kappa shape index (κ1) is 97.7. The van der Waals surface area contributed by atoms with Gasteiger partial charge < -0.3 is 79.1 Å². The van der Waals surface area contributed by atoms with Crippen LogP contribution in [0.3, 0.4) is 0 Å². The zero-order valence-electron chi connectivity index (χ0n) is 75.8. The van der Waals surface area contributed by atoms with Crippen molar-refractivity contribution in [3.05, 3.63) is 222 Å². The van der Waals surface area contributed by atoms with Crippen molar-refractivity contribution < 1.29 is 77.9 Å². The number of sulfonamides is 3. The molecule has 0 bridgehead atoms. The third kappa shape index (κ3) is 26.3. The first-order valence-electron chi connectivity index (χ1n) is 42.3. The van der Waals surface area contributed by atoms with E-state index in [1.807, 2.05) is 142 Å². The Kier molecular flexibility index (Phi) is 32.0. The van der Waals surface area contributed by atoms with E-state index >= 15 is 0 Å². The molecule has 0 unspecified atom stereocenters. The minimum absolute atomic E-state index is 0.0355. The third-order valence-electron chi connectivity index (χ3n) is 21.0. The van der Waals surface area contributed by atoms with Gasteiger partial charge in [-0.3, -0.25) is 4.79 Å². The molecule has 15 rings (SSSR count). The molecule has 40 heteroatoms. The van der Waals surface area contributed by atoms with Crippen LogP contribution in [0.2, 0.25) is 0 Å². The molecule has 0 aliphatic carbocycles. The summed E-state index contributed by atoms with van der Waals surface area (Å²) in [5, 5.41) is 54.9. The average molecular weight is 1870 g/mol. The molecule has 11 N–H and O–H groups in total. The summed E-state index contributed by atoms with van der Waals surface area (Å²) in [6.45, 7) is 17.3. The standard InChI is InChI=1S/C31H37N7O5S.C30H36N6O6S.C25H28N6O4S.C6H11NO2/c1-21-7-12-25(27(18-21)44(32,40)41)43-26-13-15-33-31-29(26)30(35-38(31)19-22-8-10-24(42-4)11-9-22)34-23-14-17-37(20-23)28(39)6-5-16-36(2)3;1-19-6-11-23(25(16-19)43(31,38)39)41-24-12-14-32-28-26(24)27(34-36(28)17-20-7-9-22(40-5)10-8-20)33-21-13-15-35(18-21)29(37)42-30(2,3)4;1-16-3-8-20(22(13-16)36(26,32)33)35-21-10-12-28-25-23(21)24(29-18-9-11-27-14-18)30-31(25)15-17-4-6-19(34-2)7-5-17;1-7(2)5-3-4-6(8)9/h5-13,15,18,23H,14,16-17,19-20H2,1-4H3,(H,34,35)(H2,32,40,41);6-12,14,16,21H,13,15,17-18H2,1-5H3,(H,33,34)(H2,31,38,39);3-8,10,12-13,18,27H,9,11,14-15H2,1-2H3,(H,29,30)(H2,26,32,33);3-4H,5H2,1-2H3,(H,8,9)/b6-5+;;;4-3+/t23-;21-;18-;/m111./s1. The second kappa shape index (κ2) is 43.2. The topological polar surface area (TPSA) is 470 Å². The molecule has 6 aromatic carbocycles. The molecule has 700 valence electrons. The number of fused-ring (bicyclic) bond motifs is 3. The molecule has 37 nitrogen and oxygen atoms in total. The van der Waals surface area contributed by atoms with E-state index in [0.717, 1.165) is 82.6 Å². The van der Waals surface area contributed by atoms with Crippen molar-refractivity contribution in [1.82, 2.24) is 69.2 Å². The highest BCUT2D eigenvalue weighted by atomic mass is 32.2.